The van der Waals surface area contributed by atoms with Gasteiger partial charge in [-0.2, -0.15) is 0 Å². The van der Waals surface area contributed by atoms with Gasteiger partial charge in [-0.1, -0.05) is 0 Å². The number of likely N-dealkylation sites (tertiary alicyclic amines) is 1. The minimum absolute atomic E-state index is 0.0621. The Labute approximate surface area is 152 Å². The quantitative estimate of drug-likeness (QED) is 0.856. The van der Waals surface area contributed by atoms with Gasteiger partial charge in [0.15, 0.2) is 0 Å². The summed E-state index contributed by atoms with van der Waals surface area (Å²) >= 11 is 0. The lowest BCUT2D eigenvalue weighted by molar-refractivity contribution is -0.139. The van der Waals surface area contributed by atoms with Crippen molar-refractivity contribution in [2.75, 3.05) is 30.2 Å². The molecule has 1 N–H and O–H groups in total. The van der Waals surface area contributed by atoms with E-state index in [2.05, 4.69) is 0 Å². The first-order valence-electron chi connectivity index (χ1n) is 8.84. The molecular formula is C18H22N2O5S. The van der Waals surface area contributed by atoms with Gasteiger partial charge in [-0.3, -0.25) is 13.9 Å². The van der Waals surface area contributed by atoms with Crippen molar-refractivity contribution in [3.05, 3.63) is 29.3 Å². The number of carboxylic acids is 1. The van der Waals surface area contributed by atoms with Crippen LogP contribution in [0, 0.1) is 11.3 Å². The second kappa shape index (κ2) is 5.70. The Hall–Kier alpha value is -2.09. The topological polar surface area (TPSA) is 95.0 Å². The number of anilines is 1. The van der Waals surface area contributed by atoms with E-state index < -0.39 is 16.0 Å². The lowest BCUT2D eigenvalue weighted by Gasteiger charge is -2.32. The van der Waals surface area contributed by atoms with Crippen LogP contribution in [0.4, 0.5) is 5.69 Å². The van der Waals surface area contributed by atoms with E-state index in [4.69, 9.17) is 5.11 Å². The number of hydrogen-bond donors (Lipinski definition) is 1. The van der Waals surface area contributed by atoms with Crippen LogP contribution in [-0.2, 0) is 21.2 Å². The molecule has 1 aliphatic carbocycles. The molecule has 1 unspecified atom stereocenters. The molecule has 1 saturated heterocycles. The van der Waals surface area contributed by atoms with Crippen LogP contribution >= 0.6 is 0 Å². The predicted molar refractivity (Wildman–Crippen MR) is 95.6 cm³/mol. The normalized spacial score (nSPS) is 23.8. The number of piperidine rings is 1. The van der Waals surface area contributed by atoms with E-state index in [1.807, 2.05) is 0 Å². The van der Waals surface area contributed by atoms with Crippen molar-refractivity contribution in [2.24, 2.45) is 11.3 Å². The monoisotopic (exact) mass is 378 g/mol. The van der Waals surface area contributed by atoms with E-state index in [-0.39, 0.29) is 17.2 Å². The van der Waals surface area contributed by atoms with Gasteiger partial charge in [0.1, 0.15) is 0 Å². The van der Waals surface area contributed by atoms with Crippen LogP contribution in [0.25, 0.3) is 0 Å². The van der Waals surface area contributed by atoms with Gasteiger partial charge in [0.05, 0.1) is 17.9 Å². The lowest BCUT2D eigenvalue weighted by Crippen LogP contribution is -2.40. The molecule has 1 amide bonds. The summed E-state index contributed by atoms with van der Waals surface area (Å²) in [6, 6.07) is 5.19. The second-order valence-corrected chi connectivity index (χ2v) is 9.58. The number of sulfonamides is 1. The number of benzene rings is 1. The van der Waals surface area contributed by atoms with E-state index in [1.165, 1.54) is 10.6 Å². The molecule has 1 saturated carbocycles. The van der Waals surface area contributed by atoms with Crippen LogP contribution < -0.4 is 4.31 Å². The zero-order valence-corrected chi connectivity index (χ0v) is 15.5. The van der Waals surface area contributed by atoms with E-state index in [9.17, 15) is 18.0 Å². The molecule has 4 rings (SSSR count). The summed E-state index contributed by atoms with van der Waals surface area (Å²) in [6.07, 6.45) is 4.00. The summed E-state index contributed by atoms with van der Waals surface area (Å²) < 4.78 is 25.0. The van der Waals surface area contributed by atoms with Gasteiger partial charge in [0, 0.05) is 25.2 Å². The number of hydrogen-bond acceptors (Lipinski definition) is 4. The summed E-state index contributed by atoms with van der Waals surface area (Å²) in [5.41, 5.74) is 2.00. The molecule has 2 aliphatic heterocycles. The fourth-order valence-corrected chi connectivity index (χ4v) is 5.39. The number of rotatable bonds is 3. The predicted octanol–water partition coefficient (Wildman–Crippen LogP) is 1.34. The standard InChI is InChI=1S/C18H22N2O5S/c1-26(24,25)20-7-4-12-10-13(2-3-15(12)20)16(21)19-8-5-18(6-9-19)11-14(18)17(22)23/h2-3,10,14H,4-9,11H2,1H3,(H,22,23). The third kappa shape index (κ3) is 2.76. The molecule has 1 aromatic carbocycles. The number of fused-ring (bicyclic) bond motifs is 1. The Balaban J connectivity index is 1.46. The number of carboxylic acid groups (broad SMARTS) is 1. The number of carbonyl (C=O) groups excluding carboxylic acids is 1. The third-order valence-electron chi connectivity index (χ3n) is 6.11. The maximum absolute atomic E-state index is 12.8. The zero-order chi connectivity index (χ0) is 18.7. The van der Waals surface area contributed by atoms with Gasteiger partial charge in [-0.25, -0.2) is 8.42 Å². The van der Waals surface area contributed by atoms with Crippen LogP contribution in [0.1, 0.15) is 35.2 Å². The Morgan fingerprint density at radius 3 is 2.46 bits per heavy atom. The van der Waals surface area contributed by atoms with E-state index in [0.29, 0.717) is 37.3 Å². The average molecular weight is 378 g/mol. The van der Waals surface area contributed by atoms with Crippen molar-refractivity contribution in [3.8, 4) is 0 Å². The summed E-state index contributed by atoms with van der Waals surface area (Å²) in [7, 11) is -3.30. The fraction of sp³-hybridized carbons (Fsp3) is 0.556. The largest absolute Gasteiger partial charge is 0.481 e. The molecule has 1 aromatic rings. The highest BCUT2D eigenvalue weighted by Crippen LogP contribution is 2.59. The molecule has 2 heterocycles. The van der Waals surface area contributed by atoms with Crippen molar-refractivity contribution in [2.45, 2.75) is 25.7 Å². The van der Waals surface area contributed by atoms with Crippen LogP contribution in [0.3, 0.4) is 0 Å². The van der Waals surface area contributed by atoms with Crippen LogP contribution in [0.5, 0.6) is 0 Å². The van der Waals surface area contributed by atoms with Crippen LogP contribution in [0.15, 0.2) is 18.2 Å². The molecule has 1 atom stereocenters. The van der Waals surface area contributed by atoms with Gasteiger partial charge in [-0.05, 0) is 54.9 Å². The minimum atomic E-state index is -3.30. The van der Waals surface area contributed by atoms with E-state index >= 15 is 0 Å². The molecule has 0 aromatic heterocycles. The fourth-order valence-electron chi connectivity index (χ4n) is 4.44. The SMILES string of the molecule is CS(=O)(=O)N1CCc2cc(C(=O)N3CCC4(CC3)CC4C(=O)O)ccc21. The van der Waals surface area contributed by atoms with Crippen LogP contribution in [0.2, 0.25) is 0 Å². The minimum Gasteiger partial charge on any atom is -0.481 e. The van der Waals surface area contributed by atoms with Crippen molar-refractivity contribution in [1.29, 1.82) is 0 Å². The van der Waals surface area contributed by atoms with Gasteiger partial charge in [-0.15, -0.1) is 0 Å². The Morgan fingerprint density at radius 1 is 1.19 bits per heavy atom. The maximum atomic E-state index is 12.8. The molecule has 0 radical (unpaired) electrons. The molecule has 8 heteroatoms. The Morgan fingerprint density at radius 2 is 1.88 bits per heavy atom. The molecule has 1 spiro atoms. The highest BCUT2D eigenvalue weighted by atomic mass is 32.2. The first kappa shape index (κ1) is 17.3. The second-order valence-electron chi connectivity index (χ2n) is 7.68. The van der Waals surface area contributed by atoms with Gasteiger partial charge >= 0.3 is 5.97 Å². The molecule has 2 fully saturated rings. The molecule has 0 bridgehead atoms. The molecule has 140 valence electrons. The number of aliphatic carboxylic acids is 1. The number of amides is 1. The Bertz CT molecular complexity index is 887. The van der Waals surface area contributed by atoms with E-state index in [0.717, 1.165) is 24.8 Å². The summed E-state index contributed by atoms with van der Waals surface area (Å²) in [5, 5.41) is 9.16. The van der Waals surface area contributed by atoms with Gasteiger partial charge < -0.3 is 10.0 Å². The highest BCUT2D eigenvalue weighted by molar-refractivity contribution is 7.92. The third-order valence-corrected chi connectivity index (χ3v) is 7.29. The molecule has 26 heavy (non-hydrogen) atoms. The number of carbonyl (C=O) groups is 2. The molecular weight excluding hydrogens is 356 g/mol. The maximum Gasteiger partial charge on any atom is 0.307 e. The van der Waals surface area contributed by atoms with Crippen molar-refractivity contribution >= 4 is 27.6 Å². The van der Waals surface area contributed by atoms with Crippen LogP contribution in [-0.4, -0.2) is 56.2 Å². The average Bonchev–Trinajstić information content (AvgIpc) is 3.11. The summed E-state index contributed by atoms with van der Waals surface area (Å²) in [4.78, 5) is 25.7. The molecule has 7 nitrogen and oxygen atoms in total. The smallest absolute Gasteiger partial charge is 0.307 e. The zero-order valence-electron chi connectivity index (χ0n) is 14.6. The summed E-state index contributed by atoms with van der Waals surface area (Å²) in [5.74, 6) is -1.03. The van der Waals surface area contributed by atoms with E-state index in [1.54, 1.807) is 23.1 Å². The Kier molecular flexibility index (Phi) is 3.80. The highest BCUT2D eigenvalue weighted by Gasteiger charge is 2.59. The number of nitrogens with zero attached hydrogens (tertiary/aromatic N) is 2. The first-order chi connectivity index (χ1) is 12.2. The van der Waals surface area contributed by atoms with Gasteiger partial charge in [0.25, 0.3) is 5.91 Å². The lowest BCUT2D eigenvalue weighted by atomic mass is 9.90. The van der Waals surface area contributed by atoms with Crippen molar-refractivity contribution < 1.29 is 23.1 Å². The summed E-state index contributed by atoms with van der Waals surface area (Å²) in [6.45, 7) is 1.57. The first-order valence-corrected chi connectivity index (χ1v) is 10.7. The van der Waals surface area contributed by atoms with Crippen molar-refractivity contribution in [1.82, 2.24) is 4.90 Å². The molecule has 3 aliphatic rings. The van der Waals surface area contributed by atoms with Gasteiger partial charge in [0.2, 0.25) is 10.0 Å². The van der Waals surface area contributed by atoms with Crippen molar-refractivity contribution in [3.63, 3.8) is 0 Å².